The highest BCUT2D eigenvalue weighted by Crippen LogP contribution is 2.25. The third-order valence-electron chi connectivity index (χ3n) is 4.61. The lowest BCUT2D eigenvalue weighted by molar-refractivity contribution is -0.120. The molecule has 1 fully saturated rings. The molecule has 2 aromatic carbocycles. The van der Waals surface area contributed by atoms with E-state index in [4.69, 9.17) is 9.47 Å². The predicted octanol–water partition coefficient (Wildman–Crippen LogP) is 2.58. The summed E-state index contributed by atoms with van der Waals surface area (Å²) in [5.74, 6) is 0.214. The fourth-order valence-corrected chi connectivity index (χ4v) is 4.55. The first-order valence-electron chi connectivity index (χ1n) is 9.69. The fourth-order valence-electron chi connectivity index (χ4n) is 3.13. The van der Waals surface area contributed by atoms with Gasteiger partial charge in [0, 0.05) is 13.2 Å². The Balaban J connectivity index is 1.79. The van der Waals surface area contributed by atoms with Crippen LogP contribution in [0.3, 0.4) is 0 Å². The summed E-state index contributed by atoms with van der Waals surface area (Å²) in [6, 6.07) is 14.8. The molecule has 0 spiro atoms. The summed E-state index contributed by atoms with van der Waals surface area (Å²) in [6.07, 6.45) is 1.86. The van der Waals surface area contributed by atoms with E-state index in [-0.39, 0.29) is 23.5 Å². The van der Waals surface area contributed by atoms with Gasteiger partial charge in [-0.15, -0.1) is 0 Å². The molecule has 1 saturated heterocycles. The summed E-state index contributed by atoms with van der Waals surface area (Å²) in [5, 5.41) is 2.78. The van der Waals surface area contributed by atoms with Crippen molar-refractivity contribution in [1.82, 2.24) is 5.32 Å². The molecule has 8 heteroatoms. The van der Waals surface area contributed by atoms with Gasteiger partial charge in [-0.25, -0.2) is 8.42 Å². The van der Waals surface area contributed by atoms with Gasteiger partial charge in [0.1, 0.15) is 12.3 Å². The number of benzene rings is 2. The van der Waals surface area contributed by atoms with Crippen molar-refractivity contribution < 1.29 is 22.7 Å². The van der Waals surface area contributed by atoms with E-state index in [0.717, 1.165) is 17.1 Å². The molecular weight excluding hydrogens is 392 g/mol. The highest BCUT2D eigenvalue weighted by Gasteiger charge is 2.27. The second kappa shape index (κ2) is 9.76. The summed E-state index contributed by atoms with van der Waals surface area (Å²) in [5.41, 5.74) is 0.425. The van der Waals surface area contributed by atoms with Gasteiger partial charge in [0.2, 0.25) is 5.91 Å². The number of sulfonamides is 1. The maximum Gasteiger partial charge on any atom is 0.264 e. The molecule has 0 radical (unpaired) electrons. The van der Waals surface area contributed by atoms with Gasteiger partial charge < -0.3 is 14.8 Å². The molecule has 7 nitrogen and oxygen atoms in total. The molecule has 3 rings (SSSR count). The van der Waals surface area contributed by atoms with Gasteiger partial charge in [-0.05, 0) is 56.2 Å². The molecule has 0 bridgehead atoms. The van der Waals surface area contributed by atoms with Gasteiger partial charge in [0.15, 0.2) is 0 Å². The van der Waals surface area contributed by atoms with E-state index < -0.39 is 10.0 Å². The van der Waals surface area contributed by atoms with Crippen LogP contribution in [-0.4, -0.2) is 46.7 Å². The quantitative estimate of drug-likeness (QED) is 0.677. The Bertz CT molecular complexity index is 894. The number of para-hydroxylation sites is 1. The summed E-state index contributed by atoms with van der Waals surface area (Å²) in [4.78, 5) is 12.6. The van der Waals surface area contributed by atoms with Crippen LogP contribution in [0.2, 0.25) is 0 Å². The van der Waals surface area contributed by atoms with Crippen molar-refractivity contribution in [1.29, 1.82) is 0 Å². The summed E-state index contributed by atoms with van der Waals surface area (Å²) in [7, 11) is -3.93. The lowest BCUT2D eigenvalue weighted by Crippen LogP contribution is -2.42. The van der Waals surface area contributed by atoms with Crippen LogP contribution in [0.25, 0.3) is 0 Å². The van der Waals surface area contributed by atoms with Gasteiger partial charge in [0.05, 0.1) is 23.3 Å². The average Bonchev–Trinajstić information content (AvgIpc) is 3.25. The summed E-state index contributed by atoms with van der Waals surface area (Å²) in [6.45, 7) is 3.11. The molecule has 0 aromatic heterocycles. The van der Waals surface area contributed by atoms with Crippen LogP contribution in [0.4, 0.5) is 5.69 Å². The van der Waals surface area contributed by atoms with Gasteiger partial charge in [-0.2, -0.15) is 0 Å². The molecule has 1 aliphatic heterocycles. The smallest absolute Gasteiger partial charge is 0.264 e. The van der Waals surface area contributed by atoms with E-state index >= 15 is 0 Å². The zero-order chi connectivity index (χ0) is 20.7. The number of hydrogen-bond donors (Lipinski definition) is 1. The lowest BCUT2D eigenvalue weighted by Gasteiger charge is -2.24. The lowest BCUT2D eigenvalue weighted by atomic mass is 10.2. The van der Waals surface area contributed by atoms with E-state index in [9.17, 15) is 13.2 Å². The zero-order valence-electron chi connectivity index (χ0n) is 16.4. The van der Waals surface area contributed by atoms with Crippen LogP contribution in [0.1, 0.15) is 19.8 Å². The van der Waals surface area contributed by atoms with Gasteiger partial charge in [-0.3, -0.25) is 9.10 Å². The predicted molar refractivity (Wildman–Crippen MR) is 111 cm³/mol. The molecule has 1 aliphatic rings. The van der Waals surface area contributed by atoms with Crippen LogP contribution < -0.4 is 14.4 Å². The van der Waals surface area contributed by atoms with E-state index in [2.05, 4.69) is 5.32 Å². The van der Waals surface area contributed by atoms with Crippen molar-refractivity contribution >= 4 is 21.6 Å². The average molecular weight is 419 g/mol. The minimum absolute atomic E-state index is 0.00755. The topological polar surface area (TPSA) is 84.9 Å². The van der Waals surface area contributed by atoms with Crippen molar-refractivity contribution in [2.75, 3.05) is 30.6 Å². The maximum absolute atomic E-state index is 13.3. The first-order valence-corrected chi connectivity index (χ1v) is 11.1. The largest absolute Gasteiger partial charge is 0.494 e. The standard InChI is InChI=1S/C21H26N2O5S/c1-2-27-18-10-12-20(13-11-18)29(25,26)23(17-7-4-3-5-8-17)16-21(24)22-15-19-9-6-14-28-19/h3-5,7-8,10-13,19H,2,6,9,14-16H2,1H3,(H,22,24)/t19-/m0/s1. The number of ether oxygens (including phenoxy) is 2. The van der Waals surface area contributed by atoms with E-state index in [0.29, 0.717) is 31.2 Å². The Morgan fingerprint density at radius 3 is 2.52 bits per heavy atom. The highest BCUT2D eigenvalue weighted by atomic mass is 32.2. The third kappa shape index (κ3) is 5.48. The van der Waals surface area contributed by atoms with Crippen molar-refractivity contribution in [3.63, 3.8) is 0 Å². The van der Waals surface area contributed by atoms with Crippen molar-refractivity contribution in [2.45, 2.75) is 30.8 Å². The molecule has 0 aliphatic carbocycles. The molecule has 1 atom stereocenters. The normalized spacial score (nSPS) is 16.4. The van der Waals surface area contributed by atoms with Crippen LogP contribution in [-0.2, 0) is 19.6 Å². The van der Waals surface area contributed by atoms with Crippen molar-refractivity contribution in [3.05, 3.63) is 54.6 Å². The number of rotatable bonds is 9. The Morgan fingerprint density at radius 2 is 1.90 bits per heavy atom. The van der Waals surface area contributed by atoms with Gasteiger partial charge in [-0.1, -0.05) is 18.2 Å². The number of carbonyl (C=O) groups is 1. The molecule has 156 valence electrons. The minimum Gasteiger partial charge on any atom is -0.494 e. The second-order valence-electron chi connectivity index (χ2n) is 6.69. The Hall–Kier alpha value is -2.58. The molecule has 1 N–H and O–H groups in total. The summed E-state index contributed by atoms with van der Waals surface area (Å²) >= 11 is 0. The van der Waals surface area contributed by atoms with Crippen molar-refractivity contribution in [3.8, 4) is 5.75 Å². The van der Waals surface area contributed by atoms with Crippen LogP contribution >= 0.6 is 0 Å². The molecule has 1 amide bonds. The monoisotopic (exact) mass is 418 g/mol. The number of nitrogens with zero attached hydrogens (tertiary/aromatic N) is 1. The molecule has 1 heterocycles. The molecule has 0 unspecified atom stereocenters. The SMILES string of the molecule is CCOc1ccc(S(=O)(=O)N(CC(=O)NC[C@@H]2CCCO2)c2ccccc2)cc1. The third-order valence-corrected chi connectivity index (χ3v) is 6.39. The van der Waals surface area contributed by atoms with E-state index in [1.165, 1.54) is 12.1 Å². The van der Waals surface area contributed by atoms with Crippen LogP contribution in [0, 0.1) is 0 Å². The zero-order valence-corrected chi connectivity index (χ0v) is 17.2. The fraction of sp³-hybridized carbons (Fsp3) is 0.381. The van der Waals surface area contributed by atoms with E-state index in [1.54, 1.807) is 42.5 Å². The number of carbonyl (C=O) groups excluding carboxylic acids is 1. The number of nitrogens with one attached hydrogen (secondary N) is 1. The highest BCUT2D eigenvalue weighted by molar-refractivity contribution is 7.92. The molecular formula is C21H26N2O5S. The first kappa shape index (κ1) is 21.1. The first-order chi connectivity index (χ1) is 14.0. The Morgan fingerprint density at radius 1 is 1.17 bits per heavy atom. The number of hydrogen-bond acceptors (Lipinski definition) is 5. The minimum atomic E-state index is -3.93. The van der Waals surface area contributed by atoms with Crippen LogP contribution in [0.15, 0.2) is 59.5 Å². The summed E-state index contributed by atoms with van der Waals surface area (Å²) < 4.78 is 38.6. The Labute approximate surface area is 171 Å². The van der Waals surface area contributed by atoms with Gasteiger partial charge >= 0.3 is 0 Å². The molecule has 0 saturated carbocycles. The Kier molecular flexibility index (Phi) is 7.11. The number of amides is 1. The maximum atomic E-state index is 13.3. The van der Waals surface area contributed by atoms with Crippen LogP contribution in [0.5, 0.6) is 5.75 Å². The second-order valence-corrected chi connectivity index (χ2v) is 8.55. The molecule has 29 heavy (non-hydrogen) atoms. The van der Waals surface area contributed by atoms with Crippen molar-refractivity contribution in [2.24, 2.45) is 0 Å². The number of anilines is 1. The van der Waals surface area contributed by atoms with Gasteiger partial charge in [0.25, 0.3) is 10.0 Å². The van der Waals surface area contributed by atoms with E-state index in [1.807, 2.05) is 6.92 Å². The molecule has 2 aromatic rings.